The molecular formula is C27H30FN3O3S. The van der Waals surface area contributed by atoms with Gasteiger partial charge in [-0.3, -0.25) is 5.10 Å². The Hall–Kier alpha value is -3.23. The molecule has 1 N–H and O–H groups in total. The Balaban J connectivity index is 1.49. The van der Waals surface area contributed by atoms with Crippen molar-refractivity contribution in [1.29, 1.82) is 0 Å². The van der Waals surface area contributed by atoms with Gasteiger partial charge in [-0.05, 0) is 49.1 Å². The Labute approximate surface area is 209 Å². The van der Waals surface area contributed by atoms with Gasteiger partial charge >= 0.3 is 0 Å². The third-order valence-corrected chi connectivity index (χ3v) is 6.64. The van der Waals surface area contributed by atoms with Gasteiger partial charge < -0.3 is 14.2 Å². The fourth-order valence-electron chi connectivity index (χ4n) is 3.88. The highest BCUT2D eigenvalue weighted by molar-refractivity contribution is 7.09. The normalized spacial score (nSPS) is 12.0. The second-order valence-corrected chi connectivity index (χ2v) is 9.53. The third-order valence-electron chi connectivity index (χ3n) is 5.64. The Morgan fingerprint density at radius 2 is 1.97 bits per heavy atom. The highest BCUT2D eigenvalue weighted by Crippen LogP contribution is 2.29. The van der Waals surface area contributed by atoms with E-state index >= 15 is 0 Å². The first-order valence-corrected chi connectivity index (χ1v) is 12.5. The molecule has 8 heteroatoms. The average molecular weight is 496 g/mol. The number of aryl methyl sites for hydroxylation is 1. The van der Waals surface area contributed by atoms with Gasteiger partial charge in [0.2, 0.25) is 5.88 Å². The Bertz CT molecular complexity index is 1240. The zero-order valence-corrected chi connectivity index (χ0v) is 21.0. The van der Waals surface area contributed by atoms with Crippen molar-refractivity contribution in [1.82, 2.24) is 15.2 Å². The molecule has 0 saturated heterocycles. The molecule has 0 aliphatic heterocycles. The van der Waals surface area contributed by atoms with E-state index in [9.17, 15) is 4.39 Å². The lowest BCUT2D eigenvalue weighted by Gasteiger charge is -2.14. The summed E-state index contributed by atoms with van der Waals surface area (Å²) in [6.45, 7) is 5.49. The number of methoxy groups -OCH3 is 1. The first kappa shape index (κ1) is 24.9. The molecule has 2 aromatic heterocycles. The number of rotatable bonds is 12. The molecule has 1 atom stereocenters. The molecule has 0 fully saturated rings. The number of H-pyrrole nitrogens is 1. The largest absolute Gasteiger partial charge is 0.489 e. The Kier molecular flexibility index (Phi) is 8.50. The van der Waals surface area contributed by atoms with Crippen LogP contribution in [0.25, 0.3) is 11.3 Å². The number of halogens is 1. The van der Waals surface area contributed by atoms with E-state index in [-0.39, 0.29) is 12.4 Å². The maximum Gasteiger partial charge on any atom is 0.233 e. The van der Waals surface area contributed by atoms with Gasteiger partial charge in [0.05, 0.1) is 23.5 Å². The zero-order valence-electron chi connectivity index (χ0n) is 20.2. The van der Waals surface area contributed by atoms with Crippen LogP contribution in [-0.2, 0) is 24.2 Å². The van der Waals surface area contributed by atoms with Crippen molar-refractivity contribution in [2.75, 3.05) is 20.3 Å². The fourth-order valence-corrected chi connectivity index (χ4v) is 4.64. The minimum absolute atomic E-state index is 0.150. The van der Waals surface area contributed by atoms with Crippen LogP contribution in [0.15, 0.2) is 54.0 Å². The van der Waals surface area contributed by atoms with Crippen LogP contribution in [0.4, 0.5) is 4.39 Å². The van der Waals surface area contributed by atoms with E-state index < -0.39 is 0 Å². The minimum atomic E-state index is -0.276. The van der Waals surface area contributed by atoms with Crippen LogP contribution in [-0.4, -0.2) is 35.5 Å². The molecule has 0 saturated carbocycles. The maximum absolute atomic E-state index is 14.1. The van der Waals surface area contributed by atoms with Crippen LogP contribution in [0.5, 0.6) is 11.6 Å². The number of ether oxygens (including phenoxy) is 3. The molecule has 0 spiro atoms. The van der Waals surface area contributed by atoms with Crippen molar-refractivity contribution >= 4 is 11.3 Å². The predicted octanol–water partition coefficient (Wildman–Crippen LogP) is 6.01. The SMILES string of the molecule is COC[C@H](C)Cc1cc(OCc2ccccc2F)cc(-c2cc(OCCc3scnc3C)n[nH]2)c1. The van der Waals surface area contributed by atoms with Crippen molar-refractivity contribution < 1.29 is 18.6 Å². The minimum Gasteiger partial charge on any atom is -0.489 e. The molecule has 6 nitrogen and oxygen atoms in total. The van der Waals surface area contributed by atoms with Crippen LogP contribution < -0.4 is 9.47 Å². The lowest BCUT2D eigenvalue weighted by Crippen LogP contribution is -2.07. The van der Waals surface area contributed by atoms with Crippen molar-refractivity contribution in [2.45, 2.75) is 33.3 Å². The molecule has 0 bridgehead atoms. The van der Waals surface area contributed by atoms with Crippen LogP contribution in [0.1, 0.15) is 28.6 Å². The van der Waals surface area contributed by atoms with Gasteiger partial charge in [0, 0.05) is 42.2 Å². The molecule has 0 aliphatic rings. The Morgan fingerprint density at radius 1 is 1.11 bits per heavy atom. The van der Waals surface area contributed by atoms with E-state index in [0.29, 0.717) is 36.3 Å². The number of aromatic amines is 1. The fraction of sp³-hybridized carbons (Fsp3) is 0.333. The third kappa shape index (κ3) is 6.90. The second-order valence-electron chi connectivity index (χ2n) is 8.59. The number of hydrogen-bond acceptors (Lipinski definition) is 6. The Morgan fingerprint density at radius 3 is 2.74 bits per heavy atom. The molecule has 4 aromatic rings. The van der Waals surface area contributed by atoms with Crippen LogP contribution >= 0.6 is 11.3 Å². The summed E-state index contributed by atoms with van der Waals surface area (Å²) in [4.78, 5) is 5.49. The van der Waals surface area contributed by atoms with Crippen molar-refractivity contribution in [3.8, 4) is 22.9 Å². The molecule has 4 rings (SSSR count). The van der Waals surface area contributed by atoms with Gasteiger partial charge in [-0.1, -0.05) is 25.1 Å². The number of nitrogens with zero attached hydrogens (tertiary/aromatic N) is 2. The molecule has 184 valence electrons. The number of hydrogen-bond donors (Lipinski definition) is 1. The summed E-state index contributed by atoms with van der Waals surface area (Å²) in [5.41, 5.74) is 6.27. The number of thiazole rings is 1. The molecule has 35 heavy (non-hydrogen) atoms. The van der Waals surface area contributed by atoms with Crippen molar-refractivity contribution in [2.24, 2.45) is 5.92 Å². The van der Waals surface area contributed by atoms with E-state index in [1.54, 1.807) is 36.6 Å². The number of nitrogens with one attached hydrogen (secondary N) is 1. The highest BCUT2D eigenvalue weighted by atomic mass is 32.1. The van der Waals surface area contributed by atoms with Crippen LogP contribution in [0.3, 0.4) is 0 Å². The quantitative estimate of drug-likeness (QED) is 0.261. The van der Waals surface area contributed by atoms with Gasteiger partial charge in [-0.25, -0.2) is 9.37 Å². The highest BCUT2D eigenvalue weighted by Gasteiger charge is 2.12. The van der Waals surface area contributed by atoms with Crippen LogP contribution in [0.2, 0.25) is 0 Å². The van der Waals surface area contributed by atoms with Crippen molar-refractivity contribution in [3.05, 3.63) is 81.6 Å². The molecule has 0 aliphatic carbocycles. The van der Waals surface area contributed by atoms with Gasteiger partial charge in [0.1, 0.15) is 18.2 Å². The number of benzene rings is 2. The average Bonchev–Trinajstić information content (AvgIpc) is 3.48. The molecular weight excluding hydrogens is 465 g/mol. The van der Waals surface area contributed by atoms with Gasteiger partial charge in [0.25, 0.3) is 0 Å². The van der Waals surface area contributed by atoms with Gasteiger partial charge in [0.15, 0.2) is 0 Å². The summed E-state index contributed by atoms with van der Waals surface area (Å²) in [5, 5.41) is 7.39. The topological polar surface area (TPSA) is 69.3 Å². The van der Waals surface area contributed by atoms with E-state index in [4.69, 9.17) is 14.2 Å². The predicted molar refractivity (Wildman–Crippen MR) is 136 cm³/mol. The number of aromatic nitrogens is 3. The summed E-state index contributed by atoms with van der Waals surface area (Å²) in [6.07, 6.45) is 1.61. The molecule has 0 unspecified atom stereocenters. The zero-order chi connectivity index (χ0) is 24.6. The summed E-state index contributed by atoms with van der Waals surface area (Å²) in [5.74, 6) is 1.27. The molecule has 2 aromatic carbocycles. The first-order chi connectivity index (χ1) is 17.0. The van der Waals surface area contributed by atoms with Gasteiger partial charge in [-0.15, -0.1) is 16.4 Å². The van der Waals surface area contributed by atoms with E-state index in [0.717, 1.165) is 35.4 Å². The summed E-state index contributed by atoms with van der Waals surface area (Å²) < 4.78 is 31.2. The monoisotopic (exact) mass is 495 g/mol. The van der Waals surface area contributed by atoms with E-state index in [1.807, 2.05) is 30.6 Å². The summed E-state index contributed by atoms with van der Waals surface area (Å²) in [7, 11) is 1.71. The molecule has 0 amide bonds. The van der Waals surface area contributed by atoms with Crippen molar-refractivity contribution in [3.63, 3.8) is 0 Å². The van der Waals surface area contributed by atoms with Crippen LogP contribution in [0, 0.1) is 18.7 Å². The summed E-state index contributed by atoms with van der Waals surface area (Å²) in [6, 6.07) is 14.6. The standard InChI is InChI=1S/C27H30FN3O3S/c1-18(15-32-3)10-20-11-22(13-23(12-20)34-16-21-6-4-5-7-24(21)28)25-14-27(31-30-25)33-9-8-26-19(2)29-17-35-26/h4-7,11-14,17-18H,8-10,15-16H2,1-3H3,(H,30,31)/t18-/m1/s1. The lowest BCUT2D eigenvalue weighted by atomic mass is 9.98. The summed E-state index contributed by atoms with van der Waals surface area (Å²) >= 11 is 1.64. The smallest absolute Gasteiger partial charge is 0.233 e. The van der Waals surface area contributed by atoms with E-state index in [1.165, 1.54) is 10.9 Å². The first-order valence-electron chi connectivity index (χ1n) is 11.6. The van der Waals surface area contributed by atoms with Gasteiger partial charge in [-0.2, -0.15) is 0 Å². The lowest BCUT2D eigenvalue weighted by molar-refractivity contribution is 0.159. The molecule has 0 radical (unpaired) electrons. The second kappa shape index (κ2) is 12.0. The maximum atomic E-state index is 14.1. The van der Waals surface area contributed by atoms with E-state index in [2.05, 4.69) is 28.2 Å². The molecule has 2 heterocycles.